The van der Waals surface area contributed by atoms with Gasteiger partial charge in [-0.1, -0.05) is 0 Å². The van der Waals surface area contributed by atoms with Crippen molar-refractivity contribution < 1.29 is 18.4 Å². The van der Waals surface area contributed by atoms with Crippen LogP contribution < -0.4 is 0 Å². The summed E-state index contributed by atoms with van der Waals surface area (Å²) in [5.74, 6) is 1.60. The first-order chi connectivity index (χ1) is 11.6. The van der Waals surface area contributed by atoms with E-state index in [-0.39, 0.29) is 17.9 Å². The summed E-state index contributed by atoms with van der Waals surface area (Å²) < 4.78 is 10.7. The van der Waals surface area contributed by atoms with Crippen LogP contribution in [0.4, 0.5) is 0 Å². The maximum atomic E-state index is 12.8. The van der Waals surface area contributed by atoms with Gasteiger partial charge >= 0.3 is 0 Å². The Balaban J connectivity index is 1.52. The largest absolute Gasteiger partial charge is 0.459 e. The van der Waals surface area contributed by atoms with E-state index in [0.717, 1.165) is 18.6 Å². The van der Waals surface area contributed by atoms with Crippen LogP contribution in [0.5, 0.6) is 0 Å². The summed E-state index contributed by atoms with van der Waals surface area (Å²) in [5, 5.41) is 0. The number of carbonyl (C=O) groups is 2. The molecule has 2 aliphatic heterocycles. The van der Waals surface area contributed by atoms with E-state index in [4.69, 9.17) is 8.83 Å². The molecule has 2 aromatic rings. The average Bonchev–Trinajstić information content (AvgIpc) is 3.32. The quantitative estimate of drug-likeness (QED) is 0.850. The van der Waals surface area contributed by atoms with Crippen molar-refractivity contribution in [3.05, 3.63) is 47.8 Å². The molecule has 0 saturated carbocycles. The number of hydrogen-bond donors (Lipinski definition) is 0. The lowest BCUT2D eigenvalue weighted by molar-refractivity contribution is 0.0531. The SMILES string of the molecule is Cc1ccc(C(=O)N2CCC[C@@H]3CN(C(=O)c4ccco4)C[C@@H]32)o1. The molecule has 4 heterocycles. The number of piperidine rings is 1. The van der Waals surface area contributed by atoms with Crippen molar-refractivity contribution in [2.45, 2.75) is 25.8 Å². The molecule has 0 bridgehead atoms. The van der Waals surface area contributed by atoms with Gasteiger partial charge in [-0.3, -0.25) is 9.59 Å². The first kappa shape index (κ1) is 15.1. The van der Waals surface area contributed by atoms with E-state index in [9.17, 15) is 9.59 Å². The summed E-state index contributed by atoms with van der Waals surface area (Å²) in [4.78, 5) is 29.0. The van der Waals surface area contributed by atoms with Gasteiger partial charge in [0.15, 0.2) is 11.5 Å². The van der Waals surface area contributed by atoms with Crippen LogP contribution >= 0.6 is 0 Å². The van der Waals surface area contributed by atoms with E-state index in [1.807, 2.05) is 11.8 Å². The molecule has 2 aliphatic rings. The third kappa shape index (κ3) is 2.52. The Bertz CT molecular complexity index is 749. The third-order valence-electron chi connectivity index (χ3n) is 5.01. The van der Waals surface area contributed by atoms with Crippen LogP contribution in [0, 0.1) is 12.8 Å². The van der Waals surface area contributed by atoms with Crippen LogP contribution in [0.2, 0.25) is 0 Å². The second-order valence-corrected chi connectivity index (χ2v) is 6.57. The molecule has 6 heteroatoms. The maximum absolute atomic E-state index is 12.8. The smallest absolute Gasteiger partial charge is 0.289 e. The van der Waals surface area contributed by atoms with E-state index in [1.54, 1.807) is 29.2 Å². The molecule has 0 aliphatic carbocycles. The van der Waals surface area contributed by atoms with Crippen LogP contribution in [-0.4, -0.2) is 47.3 Å². The molecule has 2 amide bonds. The molecule has 0 aromatic carbocycles. The van der Waals surface area contributed by atoms with Crippen molar-refractivity contribution in [2.75, 3.05) is 19.6 Å². The fourth-order valence-corrected chi connectivity index (χ4v) is 3.85. The molecular formula is C18H20N2O4. The molecule has 0 spiro atoms. The van der Waals surface area contributed by atoms with Gasteiger partial charge in [-0.25, -0.2) is 0 Å². The predicted octanol–water partition coefficient (Wildman–Crippen LogP) is 2.56. The molecule has 0 radical (unpaired) electrons. The topological polar surface area (TPSA) is 66.9 Å². The normalized spacial score (nSPS) is 23.4. The summed E-state index contributed by atoms with van der Waals surface area (Å²) >= 11 is 0. The number of carbonyl (C=O) groups excluding carboxylic acids is 2. The minimum Gasteiger partial charge on any atom is -0.459 e. The van der Waals surface area contributed by atoms with Gasteiger partial charge in [-0.2, -0.15) is 0 Å². The van der Waals surface area contributed by atoms with Crippen LogP contribution in [0.25, 0.3) is 0 Å². The molecule has 6 nitrogen and oxygen atoms in total. The molecule has 2 saturated heterocycles. The number of nitrogens with zero attached hydrogens (tertiary/aromatic N) is 2. The minimum atomic E-state index is -0.101. The van der Waals surface area contributed by atoms with Gasteiger partial charge in [0.25, 0.3) is 11.8 Å². The zero-order chi connectivity index (χ0) is 16.7. The first-order valence-corrected chi connectivity index (χ1v) is 8.33. The van der Waals surface area contributed by atoms with Gasteiger partial charge in [0, 0.05) is 19.6 Å². The van der Waals surface area contributed by atoms with Crippen LogP contribution in [0.15, 0.2) is 39.4 Å². The summed E-state index contributed by atoms with van der Waals surface area (Å²) in [6.07, 6.45) is 3.49. The number of fused-ring (bicyclic) bond motifs is 1. The first-order valence-electron chi connectivity index (χ1n) is 8.33. The van der Waals surface area contributed by atoms with Crippen LogP contribution in [0.3, 0.4) is 0 Å². The summed E-state index contributed by atoms with van der Waals surface area (Å²) in [6, 6.07) is 6.97. The number of amides is 2. The lowest BCUT2D eigenvalue weighted by Crippen LogP contribution is -2.48. The van der Waals surface area contributed by atoms with Gasteiger partial charge in [-0.05, 0) is 49.9 Å². The highest BCUT2D eigenvalue weighted by Crippen LogP contribution is 2.32. The highest BCUT2D eigenvalue weighted by atomic mass is 16.4. The highest BCUT2D eigenvalue weighted by Gasteiger charge is 2.43. The fourth-order valence-electron chi connectivity index (χ4n) is 3.85. The predicted molar refractivity (Wildman–Crippen MR) is 85.6 cm³/mol. The van der Waals surface area contributed by atoms with Gasteiger partial charge < -0.3 is 18.6 Å². The van der Waals surface area contributed by atoms with Gasteiger partial charge in [0.1, 0.15) is 5.76 Å². The van der Waals surface area contributed by atoms with E-state index < -0.39 is 0 Å². The molecule has 2 atom stereocenters. The maximum Gasteiger partial charge on any atom is 0.289 e. The molecule has 4 rings (SSSR count). The Hall–Kier alpha value is -2.50. The highest BCUT2D eigenvalue weighted by molar-refractivity contribution is 5.93. The second kappa shape index (κ2) is 5.85. The second-order valence-electron chi connectivity index (χ2n) is 6.57. The van der Waals surface area contributed by atoms with Crippen molar-refractivity contribution in [1.82, 2.24) is 9.80 Å². The van der Waals surface area contributed by atoms with Crippen molar-refractivity contribution in [3.63, 3.8) is 0 Å². The van der Waals surface area contributed by atoms with E-state index >= 15 is 0 Å². The summed E-state index contributed by atoms with van der Waals surface area (Å²) in [6.45, 7) is 3.76. The number of aryl methyl sites for hydroxylation is 1. The Morgan fingerprint density at radius 1 is 1.12 bits per heavy atom. The van der Waals surface area contributed by atoms with E-state index in [1.165, 1.54) is 6.26 Å². The number of rotatable bonds is 2. The Kier molecular flexibility index (Phi) is 3.67. The average molecular weight is 328 g/mol. The Labute approximate surface area is 140 Å². The fraction of sp³-hybridized carbons (Fsp3) is 0.444. The number of hydrogen-bond acceptors (Lipinski definition) is 4. The van der Waals surface area contributed by atoms with Crippen molar-refractivity contribution in [1.29, 1.82) is 0 Å². The summed E-state index contributed by atoms with van der Waals surface area (Å²) in [5.41, 5.74) is 0. The van der Waals surface area contributed by atoms with Gasteiger partial charge in [0.2, 0.25) is 0 Å². The Morgan fingerprint density at radius 3 is 2.71 bits per heavy atom. The molecule has 0 N–H and O–H groups in total. The molecular weight excluding hydrogens is 308 g/mol. The molecule has 2 fully saturated rings. The molecule has 126 valence electrons. The molecule has 24 heavy (non-hydrogen) atoms. The summed E-state index contributed by atoms with van der Waals surface area (Å²) in [7, 11) is 0. The van der Waals surface area contributed by atoms with Crippen LogP contribution in [-0.2, 0) is 0 Å². The van der Waals surface area contributed by atoms with Crippen molar-refractivity contribution in [3.8, 4) is 0 Å². The third-order valence-corrected chi connectivity index (χ3v) is 5.01. The monoisotopic (exact) mass is 328 g/mol. The Morgan fingerprint density at radius 2 is 2.00 bits per heavy atom. The van der Waals surface area contributed by atoms with Crippen molar-refractivity contribution >= 4 is 11.8 Å². The zero-order valence-corrected chi connectivity index (χ0v) is 13.6. The number of likely N-dealkylation sites (tertiary alicyclic amines) is 2. The minimum absolute atomic E-state index is 0.0515. The van der Waals surface area contributed by atoms with Crippen LogP contribution in [0.1, 0.15) is 39.7 Å². The number of furan rings is 2. The lowest BCUT2D eigenvalue weighted by Gasteiger charge is -2.36. The van der Waals surface area contributed by atoms with Crippen molar-refractivity contribution in [2.24, 2.45) is 5.92 Å². The zero-order valence-electron chi connectivity index (χ0n) is 13.6. The van der Waals surface area contributed by atoms with Gasteiger partial charge in [-0.15, -0.1) is 0 Å². The lowest BCUT2D eigenvalue weighted by atomic mass is 9.92. The molecule has 2 aromatic heterocycles. The van der Waals surface area contributed by atoms with Gasteiger partial charge in [0.05, 0.1) is 12.3 Å². The van der Waals surface area contributed by atoms with E-state index in [0.29, 0.717) is 37.1 Å². The standard InChI is InChI=1S/C18H20N2O4/c1-12-6-7-16(24-12)18(22)20-8-2-4-13-10-19(11-14(13)20)17(21)15-5-3-9-23-15/h3,5-7,9,13-14H,2,4,8,10-11H2,1H3/t13-,14+/m1/s1. The molecule has 0 unspecified atom stereocenters. The van der Waals surface area contributed by atoms with E-state index in [2.05, 4.69) is 0 Å².